The van der Waals surface area contributed by atoms with Gasteiger partial charge >= 0.3 is 6.03 Å². The van der Waals surface area contributed by atoms with Crippen LogP contribution in [0.1, 0.15) is 30.9 Å². The summed E-state index contributed by atoms with van der Waals surface area (Å²) in [7, 11) is 0. The second-order valence-electron chi connectivity index (χ2n) is 7.07. The molecule has 0 spiro atoms. The average molecular weight is 383 g/mol. The van der Waals surface area contributed by atoms with E-state index in [9.17, 15) is 18.8 Å². The quantitative estimate of drug-likeness (QED) is 0.753. The first-order valence-corrected chi connectivity index (χ1v) is 9.03. The van der Waals surface area contributed by atoms with Gasteiger partial charge < -0.3 is 10.6 Å². The van der Waals surface area contributed by atoms with Crippen LogP contribution in [0.25, 0.3) is 0 Å². The molecule has 0 aromatic heterocycles. The minimum atomic E-state index is -1.33. The summed E-state index contributed by atoms with van der Waals surface area (Å²) in [5, 5.41) is 5.36. The molecule has 1 heterocycles. The van der Waals surface area contributed by atoms with Gasteiger partial charge in [-0.3, -0.25) is 14.5 Å². The van der Waals surface area contributed by atoms with E-state index in [0.717, 1.165) is 10.5 Å². The van der Waals surface area contributed by atoms with Crippen molar-refractivity contribution in [2.75, 3.05) is 13.1 Å². The fourth-order valence-corrected chi connectivity index (χ4v) is 3.19. The van der Waals surface area contributed by atoms with Gasteiger partial charge in [0.25, 0.3) is 5.91 Å². The smallest absolute Gasteiger partial charge is 0.325 e. The lowest BCUT2D eigenvalue weighted by Gasteiger charge is -2.22. The van der Waals surface area contributed by atoms with Crippen molar-refractivity contribution in [2.45, 2.75) is 25.3 Å². The molecular formula is C21H22FN3O3. The SMILES string of the molecule is CC(CNC(=O)CN1C(=O)NC(C)(c2ccc(F)cc2)C1=O)c1ccccc1. The van der Waals surface area contributed by atoms with E-state index >= 15 is 0 Å². The van der Waals surface area contributed by atoms with Crippen LogP contribution in [0.3, 0.4) is 0 Å². The zero-order valence-corrected chi connectivity index (χ0v) is 15.7. The van der Waals surface area contributed by atoms with Crippen LogP contribution in [0.15, 0.2) is 54.6 Å². The van der Waals surface area contributed by atoms with Gasteiger partial charge in [0.2, 0.25) is 5.91 Å². The van der Waals surface area contributed by atoms with Crippen LogP contribution in [0.4, 0.5) is 9.18 Å². The summed E-state index contributed by atoms with van der Waals surface area (Å²) in [5.41, 5.74) is 0.206. The molecule has 2 unspecified atom stereocenters. The van der Waals surface area contributed by atoms with E-state index in [1.807, 2.05) is 37.3 Å². The van der Waals surface area contributed by atoms with Crippen molar-refractivity contribution in [1.82, 2.24) is 15.5 Å². The number of halogens is 1. The van der Waals surface area contributed by atoms with E-state index in [0.29, 0.717) is 12.1 Å². The van der Waals surface area contributed by atoms with Crippen LogP contribution in [-0.2, 0) is 15.1 Å². The maximum Gasteiger partial charge on any atom is 0.325 e. The number of amides is 4. The van der Waals surface area contributed by atoms with Gasteiger partial charge in [0.05, 0.1) is 0 Å². The van der Waals surface area contributed by atoms with Gasteiger partial charge in [-0.25, -0.2) is 9.18 Å². The van der Waals surface area contributed by atoms with Crippen LogP contribution < -0.4 is 10.6 Å². The molecule has 1 fully saturated rings. The Hall–Kier alpha value is -3.22. The van der Waals surface area contributed by atoms with Gasteiger partial charge in [-0.1, -0.05) is 49.4 Å². The Morgan fingerprint density at radius 1 is 1.14 bits per heavy atom. The standard InChI is InChI=1S/C21H22FN3O3/c1-14(15-6-4-3-5-7-15)12-23-18(26)13-25-19(27)21(2,24-20(25)28)16-8-10-17(22)11-9-16/h3-11,14H,12-13H2,1-2H3,(H,23,26)(H,24,28). The predicted molar refractivity (Wildman–Crippen MR) is 102 cm³/mol. The molecule has 2 aromatic rings. The van der Waals surface area contributed by atoms with E-state index in [-0.39, 0.29) is 12.5 Å². The molecule has 1 aliphatic rings. The molecule has 146 valence electrons. The Morgan fingerprint density at radius 2 is 1.79 bits per heavy atom. The fourth-order valence-electron chi connectivity index (χ4n) is 3.19. The third-order valence-corrected chi connectivity index (χ3v) is 4.97. The lowest BCUT2D eigenvalue weighted by atomic mass is 9.92. The van der Waals surface area contributed by atoms with Crippen molar-refractivity contribution in [3.8, 4) is 0 Å². The molecule has 1 saturated heterocycles. The molecule has 6 nitrogen and oxygen atoms in total. The summed E-state index contributed by atoms with van der Waals surface area (Å²) in [6.07, 6.45) is 0. The van der Waals surface area contributed by atoms with E-state index in [2.05, 4.69) is 10.6 Å². The van der Waals surface area contributed by atoms with Gasteiger partial charge in [0.1, 0.15) is 17.9 Å². The Labute approximate surface area is 162 Å². The van der Waals surface area contributed by atoms with E-state index < -0.39 is 29.2 Å². The van der Waals surface area contributed by atoms with Crippen molar-refractivity contribution in [1.29, 1.82) is 0 Å². The molecule has 2 N–H and O–H groups in total. The first-order chi connectivity index (χ1) is 13.3. The summed E-state index contributed by atoms with van der Waals surface area (Å²) < 4.78 is 13.2. The molecule has 0 radical (unpaired) electrons. The second kappa shape index (κ2) is 7.80. The first-order valence-electron chi connectivity index (χ1n) is 9.03. The van der Waals surface area contributed by atoms with Gasteiger partial charge in [-0.2, -0.15) is 0 Å². The molecule has 4 amide bonds. The first kappa shape index (κ1) is 19.5. The van der Waals surface area contributed by atoms with Crippen molar-refractivity contribution >= 4 is 17.8 Å². The molecule has 7 heteroatoms. The molecule has 1 aliphatic heterocycles. The number of rotatable bonds is 6. The van der Waals surface area contributed by atoms with Gasteiger partial charge in [0, 0.05) is 6.54 Å². The number of urea groups is 1. The van der Waals surface area contributed by atoms with Gasteiger partial charge in [-0.15, -0.1) is 0 Å². The van der Waals surface area contributed by atoms with Crippen LogP contribution in [-0.4, -0.2) is 35.8 Å². The van der Waals surface area contributed by atoms with E-state index in [1.165, 1.54) is 31.2 Å². The zero-order valence-electron chi connectivity index (χ0n) is 15.7. The highest BCUT2D eigenvalue weighted by atomic mass is 19.1. The van der Waals surface area contributed by atoms with Crippen LogP contribution >= 0.6 is 0 Å². The zero-order chi connectivity index (χ0) is 20.3. The summed E-state index contributed by atoms with van der Waals surface area (Å²) >= 11 is 0. The van der Waals surface area contributed by atoms with Crippen molar-refractivity contribution < 1.29 is 18.8 Å². The Morgan fingerprint density at radius 3 is 2.43 bits per heavy atom. The Bertz CT molecular complexity index is 886. The van der Waals surface area contributed by atoms with Crippen LogP contribution in [0.2, 0.25) is 0 Å². The van der Waals surface area contributed by atoms with Crippen molar-refractivity contribution in [2.24, 2.45) is 0 Å². The lowest BCUT2D eigenvalue weighted by molar-refractivity contribution is -0.134. The number of hydrogen-bond donors (Lipinski definition) is 2. The topological polar surface area (TPSA) is 78.5 Å². The molecule has 0 aliphatic carbocycles. The molecule has 2 atom stereocenters. The van der Waals surface area contributed by atoms with Crippen LogP contribution in [0, 0.1) is 5.82 Å². The highest BCUT2D eigenvalue weighted by Crippen LogP contribution is 2.28. The van der Waals surface area contributed by atoms with Crippen LogP contribution in [0.5, 0.6) is 0 Å². The van der Waals surface area contributed by atoms with Crippen molar-refractivity contribution in [3.63, 3.8) is 0 Å². The summed E-state index contributed by atoms with van der Waals surface area (Å²) in [5.74, 6) is -1.31. The van der Waals surface area contributed by atoms with E-state index in [1.54, 1.807) is 0 Å². The normalized spacial score (nSPS) is 20.0. The highest BCUT2D eigenvalue weighted by Gasteiger charge is 2.49. The van der Waals surface area contributed by atoms with Crippen molar-refractivity contribution in [3.05, 3.63) is 71.5 Å². The number of benzene rings is 2. The molecule has 0 bridgehead atoms. The largest absolute Gasteiger partial charge is 0.354 e. The lowest BCUT2D eigenvalue weighted by Crippen LogP contribution is -2.43. The monoisotopic (exact) mass is 383 g/mol. The fraction of sp³-hybridized carbons (Fsp3) is 0.286. The van der Waals surface area contributed by atoms with E-state index in [4.69, 9.17) is 0 Å². The summed E-state index contributed by atoms with van der Waals surface area (Å²) in [6.45, 7) is 3.54. The minimum absolute atomic E-state index is 0.0951. The third kappa shape index (κ3) is 3.88. The number of carbonyl (C=O) groups is 3. The number of nitrogens with one attached hydrogen (secondary N) is 2. The maximum absolute atomic E-state index is 13.2. The number of hydrogen-bond acceptors (Lipinski definition) is 3. The highest BCUT2D eigenvalue weighted by molar-refractivity contribution is 6.09. The Balaban J connectivity index is 1.62. The molecule has 2 aromatic carbocycles. The van der Waals surface area contributed by atoms with Gasteiger partial charge in [0.15, 0.2) is 0 Å². The predicted octanol–water partition coefficient (Wildman–Crippen LogP) is 2.51. The third-order valence-electron chi connectivity index (χ3n) is 4.97. The number of carbonyl (C=O) groups excluding carboxylic acids is 3. The Kier molecular flexibility index (Phi) is 5.44. The molecule has 28 heavy (non-hydrogen) atoms. The molecule has 3 rings (SSSR count). The second-order valence-corrected chi connectivity index (χ2v) is 7.07. The molecular weight excluding hydrogens is 361 g/mol. The number of nitrogens with zero attached hydrogens (tertiary/aromatic N) is 1. The maximum atomic E-state index is 13.2. The molecule has 0 saturated carbocycles. The summed E-state index contributed by atoms with van der Waals surface area (Å²) in [6, 6.07) is 14.4. The number of imide groups is 1. The summed E-state index contributed by atoms with van der Waals surface area (Å²) in [4.78, 5) is 38.2. The minimum Gasteiger partial charge on any atom is -0.354 e. The average Bonchev–Trinajstić information content (AvgIpc) is 2.91. The van der Waals surface area contributed by atoms with Gasteiger partial charge in [-0.05, 0) is 36.1 Å².